The van der Waals surface area contributed by atoms with Gasteiger partial charge in [-0.2, -0.15) is 18.4 Å². The summed E-state index contributed by atoms with van der Waals surface area (Å²) in [5, 5.41) is 13.8. The molecule has 0 radical (unpaired) electrons. The monoisotopic (exact) mass is 339 g/mol. The molecule has 1 aromatic rings. The Balaban J connectivity index is 1.46. The van der Waals surface area contributed by atoms with Crippen molar-refractivity contribution in [3.8, 4) is 11.8 Å². The Kier molecular flexibility index (Phi) is 3.82. The summed E-state index contributed by atoms with van der Waals surface area (Å²) in [7, 11) is 0. The summed E-state index contributed by atoms with van der Waals surface area (Å²) < 4.78 is 43.5. The molecule has 0 saturated heterocycles. The number of benzene rings is 1. The molecule has 3 aliphatic carbocycles. The van der Waals surface area contributed by atoms with Gasteiger partial charge in [0.1, 0.15) is 11.8 Å². The van der Waals surface area contributed by atoms with Crippen LogP contribution in [0.25, 0.3) is 0 Å². The molecule has 3 saturated carbocycles. The summed E-state index contributed by atoms with van der Waals surface area (Å²) in [5.41, 5.74) is -1.51. The van der Waals surface area contributed by atoms with E-state index in [-0.39, 0.29) is 32.4 Å². The van der Waals surface area contributed by atoms with Crippen LogP contribution in [0.3, 0.4) is 0 Å². The topological polar surface area (TPSA) is 74.1 Å². The Bertz CT molecular complexity index is 677. The normalized spacial score (nSPS) is 27.2. The van der Waals surface area contributed by atoms with Crippen molar-refractivity contribution in [2.45, 2.75) is 37.5 Å². The van der Waals surface area contributed by atoms with Crippen LogP contribution in [0.2, 0.25) is 0 Å². The Morgan fingerprint density at radius 1 is 1.33 bits per heavy atom. The summed E-state index contributed by atoms with van der Waals surface area (Å²) in [6, 6.07) is 8.28. The van der Waals surface area contributed by atoms with E-state index in [9.17, 15) is 18.0 Å². The third kappa shape index (κ3) is 2.86. The van der Waals surface area contributed by atoms with Gasteiger partial charge < -0.3 is 15.4 Å². The molecule has 3 aliphatic rings. The number of hydrogen-bond acceptors (Lipinski definition) is 3. The number of nitriles is 1. The van der Waals surface area contributed by atoms with Gasteiger partial charge in [0, 0.05) is 12.1 Å². The van der Waals surface area contributed by atoms with Crippen LogP contribution < -0.4 is 15.4 Å². The number of hydrogen-bond donors (Lipinski definition) is 2. The van der Waals surface area contributed by atoms with Crippen molar-refractivity contribution in [3.05, 3.63) is 29.8 Å². The average Bonchev–Trinajstić information content (AvgIpc) is 2.44. The zero-order chi connectivity index (χ0) is 17.4. The van der Waals surface area contributed by atoms with Gasteiger partial charge in [-0.05, 0) is 37.0 Å². The zero-order valence-electron chi connectivity index (χ0n) is 12.7. The van der Waals surface area contributed by atoms with Gasteiger partial charge in [-0.15, -0.1) is 0 Å². The third-order valence-corrected chi connectivity index (χ3v) is 4.67. The fourth-order valence-corrected chi connectivity index (χ4v) is 3.55. The molecule has 2 N–H and O–H groups in total. The highest BCUT2D eigenvalue weighted by Crippen LogP contribution is 2.73. The molecular weight excluding hydrogens is 323 g/mol. The van der Waals surface area contributed by atoms with Gasteiger partial charge in [0.2, 0.25) is 0 Å². The predicted molar refractivity (Wildman–Crippen MR) is 78.0 cm³/mol. The number of amides is 2. The van der Waals surface area contributed by atoms with Gasteiger partial charge in [0.25, 0.3) is 0 Å². The first kappa shape index (κ1) is 16.4. The maximum atomic E-state index is 12.8. The van der Waals surface area contributed by atoms with E-state index in [1.54, 1.807) is 24.3 Å². The molecular formula is C16H16F3N3O2. The van der Waals surface area contributed by atoms with E-state index in [1.807, 2.05) is 6.07 Å². The molecule has 3 fully saturated rings. The molecule has 1 aromatic carbocycles. The van der Waals surface area contributed by atoms with Crippen LogP contribution in [0, 0.1) is 16.7 Å². The molecule has 24 heavy (non-hydrogen) atoms. The van der Waals surface area contributed by atoms with Gasteiger partial charge >= 0.3 is 12.2 Å². The minimum atomic E-state index is -4.18. The van der Waals surface area contributed by atoms with Gasteiger partial charge in [0.15, 0.2) is 6.61 Å². The molecule has 0 heterocycles. The van der Waals surface area contributed by atoms with Crippen molar-refractivity contribution in [2.24, 2.45) is 5.41 Å². The Hall–Kier alpha value is -2.43. The maximum absolute atomic E-state index is 12.8. The van der Waals surface area contributed by atoms with Crippen molar-refractivity contribution in [3.63, 3.8) is 0 Å². The number of rotatable bonds is 5. The van der Waals surface area contributed by atoms with Crippen LogP contribution in [-0.4, -0.2) is 24.4 Å². The number of ether oxygens (including phenoxy) is 1. The minimum Gasteiger partial charge on any atom is -0.479 e. The molecule has 5 nitrogen and oxygen atoms in total. The number of nitrogens with one attached hydrogen (secondary N) is 2. The summed E-state index contributed by atoms with van der Waals surface area (Å²) in [4.78, 5) is 11.9. The van der Waals surface area contributed by atoms with E-state index >= 15 is 0 Å². The summed E-state index contributed by atoms with van der Waals surface area (Å²) in [5.74, 6) is 0.516. The van der Waals surface area contributed by atoms with Crippen molar-refractivity contribution in [2.75, 3.05) is 6.61 Å². The molecule has 0 atom stereocenters. The first-order valence-electron chi connectivity index (χ1n) is 7.49. The van der Waals surface area contributed by atoms with Gasteiger partial charge in [0.05, 0.1) is 5.41 Å². The predicted octanol–water partition coefficient (Wildman–Crippen LogP) is 2.87. The second-order valence-corrected chi connectivity index (χ2v) is 6.49. The highest BCUT2D eigenvalue weighted by molar-refractivity contribution is 5.75. The quantitative estimate of drug-likeness (QED) is 0.866. The number of carbonyl (C=O) groups is 1. The molecule has 0 unspecified atom stereocenters. The molecule has 0 aromatic heterocycles. The highest BCUT2D eigenvalue weighted by Gasteiger charge is 2.79. The Morgan fingerprint density at radius 2 is 2.04 bits per heavy atom. The van der Waals surface area contributed by atoms with E-state index < -0.39 is 23.2 Å². The summed E-state index contributed by atoms with van der Waals surface area (Å²) >= 11 is 0. The lowest BCUT2D eigenvalue weighted by Gasteiger charge is -2.70. The standard InChI is InChI=1S/C16H16F3N3O2/c17-16(18,19)14-8-15(9-14,10-14)22-13(23)21-7-11-2-1-3-12(6-11)24-5-4-20/h1-3,6H,5,7-10H2,(H2,21,22,23). The molecule has 0 aliphatic heterocycles. The lowest BCUT2D eigenvalue weighted by molar-refractivity contribution is -0.336. The fourth-order valence-electron chi connectivity index (χ4n) is 3.55. The van der Waals surface area contributed by atoms with Crippen LogP contribution in [0.15, 0.2) is 24.3 Å². The van der Waals surface area contributed by atoms with Crippen LogP contribution in [0.5, 0.6) is 5.75 Å². The second-order valence-electron chi connectivity index (χ2n) is 6.49. The molecule has 2 amide bonds. The first-order chi connectivity index (χ1) is 11.3. The maximum Gasteiger partial charge on any atom is 0.394 e. The first-order valence-corrected chi connectivity index (χ1v) is 7.49. The van der Waals surface area contributed by atoms with Crippen LogP contribution >= 0.6 is 0 Å². The van der Waals surface area contributed by atoms with E-state index in [0.717, 1.165) is 5.56 Å². The van der Waals surface area contributed by atoms with E-state index in [1.165, 1.54) is 0 Å². The van der Waals surface area contributed by atoms with Gasteiger partial charge in [-0.1, -0.05) is 12.1 Å². The highest BCUT2D eigenvalue weighted by atomic mass is 19.4. The van der Waals surface area contributed by atoms with E-state index in [4.69, 9.17) is 10.00 Å². The van der Waals surface area contributed by atoms with Crippen LogP contribution in [0.1, 0.15) is 24.8 Å². The molecule has 4 rings (SSSR count). The average molecular weight is 339 g/mol. The van der Waals surface area contributed by atoms with Gasteiger partial charge in [-0.25, -0.2) is 4.79 Å². The third-order valence-electron chi connectivity index (χ3n) is 4.67. The van der Waals surface area contributed by atoms with Crippen molar-refractivity contribution >= 4 is 6.03 Å². The molecule has 0 spiro atoms. The number of halogens is 3. The fraction of sp³-hybridized carbons (Fsp3) is 0.500. The largest absolute Gasteiger partial charge is 0.479 e. The molecule has 2 bridgehead atoms. The lowest BCUT2D eigenvalue weighted by atomic mass is 9.39. The van der Waals surface area contributed by atoms with Crippen molar-refractivity contribution in [1.82, 2.24) is 10.6 Å². The van der Waals surface area contributed by atoms with Gasteiger partial charge in [-0.3, -0.25) is 0 Å². The van der Waals surface area contributed by atoms with E-state index in [2.05, 4.69) is 10.6 Å². The summed E-state index contributed by atoms with van der Waals surface area (Å²) in [6.45, 7) is 0.150. The second kappa shape index (κ2) is 5.58. The zero-order valence-corrected chi connectivity index (χ0v) is 12.7. The molecule has 128 valence electrons. The number of carbonyl (C=O) groups excluding carboxylic acids is 1. The number of alkyl halides is 3. The smallest absolute Gasteiger partial charge is 0.394 e. The number of nitrogens with zero attached hydrogens (tertiary/aromatic N) is 1. The van der Waals surface area contributed by atoms with Crippen molar-refractivity contribution < 1.29 is 22.7 Å². The Labute approximate surface area is 136 Å². The summed E-state index contributed by atoms with van der Waals surface area (Å²) in [6.07, 6.45) is -4.28. The number of urea groups is 1. The van der Waals surface area contributed by atoms with Crippen LogP contribution in [-0.2, 0) is 6.54 Å². The molecule has 8 heteroatoms. The minimum absolute atomic E-state index is 0.0333. The van der Waals surface area contributed by atoms with Crippen molar-refractivity contribution in [1.29, 1.82) is 5.26 Å². The lowest BCUT2D eigenvalue weighted by Crippen LogP contribution is -2.79. The Morgan fingerprint density at radius 3 is 2.67 bits per heavy atom. The van der Waals surface area contributed by atoms with E-state index in [0.29, 0.717) is 5.75 Å². The SMILES string of the molecule is N#CCOc1cccc(CNC(=O)NC23CC(C(F)(F)F)(C2)C3)c1. The van der Waals surface area contributed by atoms with Crippen LogP contribution in [0.4, 0.5) is 18.0 Å².